The lowest BCUT2D eigenvalue weighted by molar-refractivity contribution is 0.0182. The monoisotopic (exact) mass is 288 g/mol. The van der Waals surface area contributed by atoms with Crippen LogP contribution in [0.3, 0.4) is 0 Å². The quantitative estimate of drug-likeness (QED) is 0.681. The Balaban J connectivity index is 1.79. The van der Waals surface area contributed by atoms with Gasteiger partial charge in [-0.05, 0) is 0 Å². The number of alkyl halides is 2. The van der Waals surface area contributed by atoms with Gasteiger partial charge in [-0.3, -0.25) is 0 Å². The van der Waals surface area contributed by atoms with Crippen LogP contribution in [0.25, 0.3) is 0 Å². The molecule has 110 valence electrons. The van der Waals surface area contributed by atoms with Gasteiger partial charge >= 0.3 is 0 Å². The number of halogens is 2. The van der Waals surface area contributed by atoms with Gasteiger partial charge in [0, 0.05) is 13.0 Å². The van der Waals surface area contributed by atoms with Crippen LogP contribution in [0.1, 0.15) is 17.4 Å². The van der Waals surface area contributed by atoms with Crippen LogP contribution in [0, 0.1) is 0 Å². The number of ether oxygens (including phenoxy) is 1. The summed E-state index contributed by atoms with van der Waals surface area (Å²) < 4.78 is 34.9. The lowest BCUT2D eigenvalue weighted by atomic mass is 10.4. The molecule has 8 nitrogen and oxygen atoms in total. The van der Waals surface area contributed by atoms with Crippen LogP contribution in [0.5, 0.6) is 0 Å². The van der Waals surface area contributed by atoms with Crippen molar-refractivity contribution in [3.63, 3.8) is 0 Å². The Hall–Kier alpha value is -1.94. The molecular formula is C10H14F2N6O2. The van der Waals surface area contributed by atoms with Gasteiger partial charge in [0.05, 0.1) is 18.5 Å². The fraction of sp³-hybridized carbons (Fsp3) is 0.600. The van der Waals surface area contributed by atoms with E-state index in [9.17, 15) is 8.78 Å². The molecule has 0 unspecified atom stereocenters. The van der Waals surface area contributed by atoms with E-state index in [0.717, 1.165) is 0 Å². The van der Waals surface area contributed by atoms with E-state index in [2.05, 4.69) is 20.5 Å². The molecule has 2 aromatic rings. The van der Waals surface area contributed by atoms with Gasteiger partial charge in [-0.2, -0.15) is 4.98 Å². The highest BCUT2D eigenvalue weighted by atomic mass is 19.3. The topological polar surface area (TPSA) is 105 Å². The van der Waals surface area contributed by atoms with Gasteiger partial charge < -0.3 is 15.0 Å². The van der Waals surface area contributed by atoms with Crippen LogP contribution in [0.15, 0.2) is 10.7 Å². The molecule has 0 bridgehead atoms. The Morgan fingerprint density at radius 3 is 3.00 bits per heavy atom. The number of hydrogen-bond donors (Lipinski definition) is 1. The minimum Gasteiger partial charge on any atom is -0.375 e. The van der Waals surface area contributed by atoms with E-state index in [1.807, 2.05) is 0 Å². The van der Waals surface area contributed by atoms with Crippen LogP contribution in [0.4, 0.5) is 8.78 Å². The predicted octanol–water partition coefficient (Wildman–Crippen LogP) is -0.00770. The van der Waals surface area contributed by atoms with Crippen molar-refractivity contribution in [2.75, 3.05) is 13.2 Å². The second-order valence-electron chi connectivity index (χ2n) is 3.93. The fourth-order valence-corrected chi connectivity index (χ4v) is 1.44. The molecule has 0 aliphatic carbocycles. The van der Waals surface area contributed by atoms with Crippen molar-refractivity contribution < 1.29 is 18.0 Å². The zero-order chi connectivity index (χ0) is 14.4. The second-order valence-corrected chi connectivity index (χ2v) is 3.93. The summed E-state index contributed by atoms with van der Waals surface area (Å²) in [6.45, 7) is 0.101. The number of nitrogens with zero attached hydrogens (tertiary/aromatic N) is 5. The molecule has 20 heavy (non-hydrogen) atoms. The summed E-state index contributed by atoms with van der Waals surface area (Å²) in [6.07, 6.45) is -0.489. The second kappa shape index (κ2) is 7.01. The highest BCUT2D eigenvalue weighted by Crippen LogP contribution is 2.02. The molecule has 0 aromatic carbocycles. The van der Waals surface area contributed by atoms with Crippen molar-refractivity contribution in [2.24, 2.45) is 5.73 Å². The molecule has 0 amide bonds. The molecule has 0 spiro atoms. The number of aromatic nitrogens is 5. The fourth-order valence-electron chi connectivity index (χ4n) is 1.44. The molecule has 2 heterocycles. The number of hydrogen-bond acceptors (Lipinski definition) is 7. The Kier molecular flexibility index (Phi) is 5.07. The zero-order valence-electron chi connectivity index (χ0n) is 10.6. The first-order chi connectivity index (χ1) is 9.67. The molecule has 0 atom stereocenters. The van der Waals surface area contributed by atoms with Crippen LogP contribution in [-0.2, 0) is 24.2 Å². The largest absolute Gasteiger partial charge is 0.375 e. The maximum atomic E-state index is 11.8. The SMILES string of the molecule is NCc1cn(Cc2nc(CCOCC(F)F)no2)nn1. The molecular weight excluding hydrogens is 274 g/mol. The van der Waals surface area contributed by atoms with E-state index >= 15 is 0 Å². The van der Waals surface area contributed by atoms with Gasteiger partial charge in [-0.1, -0.05) is 10.4 Å². The summed E-state index contributed by atoms with van der Waals surface area (Å²) >= 11 is 0. The van der Waals surface area contributed by atoms with Gasteiger partial charge in [-0.25, -0.2) is 13.5 Å². The summed E-state index contributed by atoms with van der Waals surface area (Å²) in [7, 11) is 0. The van der Waals surface area contributed by atoms with E-state index in [0.29, 0.717) is 30.4 Å². The van der Waals surface area contributed by atoms with Gasteiger partial charge in [0.2, 0.25) is 5.89 Å². The van der Waals surface area contributed by atoms with E-state index in [4.69, 9.17) is 15.0 Å². The molecule has 0 fully saturated rings. The van der Waals surface area contributed by atoms with Gasteiger partial charge in [0.15, 0.2) is 5.82 Å². The summed E-state index contributed by atoms with van der Waals surface area (Å²) in [4.78, 5) is 4.09. The van der Waals surface area contributed by atoms with Crippen molar-refractivity contribution in [3.05, 3.63) is 23.6 Å². The molecule has 0 aliphatic rings. The standard InChI is InChI=1S/C10H14F2N6O2/c11-8(12)6-19-2-1-9-14-10(20-16-9)5-18-4-7(3-13)15-17-18/h4,8H,1-3,5-6,13H2. The highest BCUT2D eigenvalue weighted by molar-refractivity contribution is 4.93. The van der Waals surface area contributed by atoms with Crippen LogP contribution >= 0.6 is 0 Å². The zero-order valence-corrected chi connectivity index (χ0v) is 10.6. The molecule has 2 rings (SSSR count). The van der Waals surface area contributed by atoms with Crippen molar-refractivity contribution in [1.82, 2.24) is 25.1 Å². The third-order valence-electron chi connectivity index (χ3n) is 2.32. The van der Waals surface area contributed by atoms with E-state index in [1.54, 1.807) is 6.20 Å². The maximum absolute atomic E-state index is 11.8. The first-order valence-corrected chi connectivity index (χ1v) is 5.94. The first kappa shape index (κ1) is 14.5. The Labute approximate surface area is 112 Å². The molecule has 10 heteroatoms. The summed E-state index contributed by atoms with van der Waals surface area (Å²) in [5, 5.41) is 11.4. The van der Waals surface area contributed by atoms with Crippen LogP contribution in [-0.4, -0.2) is 44.8 Å². The van der Waals surface area contributed by atoms with E-state index < -0.39 is 13.0 Å². The smallest absolute Gasteiger partial charge is 0.261 e. The lowest BCUT2D eigenvalue weighted by Gasteiger charge is -1.99. The first-order valence-electron chi connectivity index (χ1n) is 5.94. The van der Waals surface area contributed by atoms with Crippen molar-refractivity contribution in [2.45, 2.75) is 25.9 Å². The van der Waals surface area contributed by atoms with E-state index in [-0.39, 0.29) is 13.2 Å². The average molecular weight is 288 g/mol. The molecule has 0 radical (unpaired) electrons. The number of rotatable bonds is 8. The van der Waals surface area contributed by atoms with Crippen molar-refractivity contribution in [1.29, 1.82) is 0 Å². The van der Waals surface area contributed by atoms with Gasteiger partial charge in [-0.15, -0.1) is 5.10 Å². The predicted molar refractivity (Wildman–Crippen MR) is 61.8 cm³/mol. The average Bonchev–Trinajstić information content (AvgIpc) is 3.04. The molecule has 0 saturated carbocycles. The van der Waals surface area contributed by atoms with Crippen LogP contribution < -0.4 is 5.73 Å². The molecule has 0 aliphatic heterocycles. The molecule has 2 N–H and O–H groups in total. The normalized spacial score (nSPS) is 11.4. The summed E-state index contributed by atoms with van der Waals surface area (Å²) in [6, 6.07) is 0. The Morgan fingerprint density at radius 1 is 1.45 bits per heavy atom. The number of nitrogens with two attached hydrogens (primary N) is 1. The molecule has 0 saturated heterocycles. The minimum atomic E-state index is -2.47. The van der Waals surface area contributed by atoms with Crippen molar-refractivity contribution in [3.8, 4) is 0 Å². The third-order valence-corrected chi connectivity index (χ3v) is 2.32. The lowest BCUT2D eigenvalue weighted by Crippen LogP contribution is -2.07. The van der Waals surface area contributed by atoms with Crippen molar-refractivity contribution >= 4 is 0 Å². The summed E-state index contributed by atoms with van der Waals surface area (Å²) in [5.74, 6) is 0.746. The van der Waals surface area contributed by atoms with Crippen LogP contribution in [0.2, 0.25) is 0 Å². The third kappa shape index (κ3) is 4.31. The highest BCUT2D eigenvalue weighted by Gasteiger charge is 2.09. The Morgan fingerprint density at radius 2 is 2.30 bits per heavy atom. The van der Waals surface area contributed by atoms with Gasteiger partial charge in [0.1, 0.15) is 13.2 Å². The minimum absolute atomic E-state index is 0.115. The summed E-state index contributed by atoms with van der Waals surface area (Å²) in [5.41, 5.74) is 6.07. The molecule has 2 aromatic heterocycles. The van der Waals surface area contributed by atoms with Gasteiger partial charge in [0.25, 0.3) is 6.43 Å². The Bertz CT molecular complexity index is 529. The van der Waals surface area contributed by atoms with E-state index in [1.165, 1.54) is 4.68 Å². The maximum Gasteiger partial charge on any atom is 0.261 e.